The average Bonchev–Trinajstić information content (AvgIpc) is 2.68. The molecule has 5 nitrogen and oxygen atoms in total. The van der Waals surface area contributed by atoms with Gasteiger partial charge in [0, 0.05) is 6.07 Å². The molecule has 0 bridgehead atoms. The van der Waals surface area contributed by atoms with Crippen LogP contribution >= 0.6 is 0 Å². The van der Waals surface area contributed by atoms with E-state index in [0.717, 1.165) is 22.9 Å². The SMILES string of the molecule is COc1ccc(N)c(NCc2nc(C)c(C)o2)c1. The first kappa shape index (κ1) is 12.3. The van der Waals surface area contributed by atoms with E-state index in [9.17, 15) is 0 Å². The van der Waals surface area contributed by atoms with E-state index in [1.165, 1.54) is 0 Å². The predicted molar refractivity (Wildman–Crippen MR) is 70.7 cm³/mol. The second-order valence-corrected chi connectivity index (χ2v) is 4.06. The lowest BCUT2D eigenvalue weighted by atomic mass is 10.2. The zero-order chi connectivity index (χ0) is 13.1. The van der Waals surface area contributed by atoms with E-state index in [2.05, 4.69) is 10.3 Å². The van der Waals surface area contributed by atoms with Gasteiger partial charge in [-0.2, -0.15) is 0 Å². The Morgan fingerprint density at radius 3 is 2.78 bits per heavy atom. The van der Waals surface area contributed by atoms with Crippen molar-refractivity contribution in [2.24, 2.45) is 0 Å². The maximum Gasteiger partial charge on any atom is 0.213 e. The smallest absolute Gasteiger partial charge is 0.213 e. The van der Waals surface area contributed by atoms with Gasteiger partial charge in [0.1, 0.15) is 11.5 Å². The van der Waals surface area contributed by atoms with E-state index in [0.29, 0.717) is 18.1 Å². The van der Waals surface area contributed by atoms with Crippen LogP contribution in [0.15, 0.2) is 22.6 Å². The van der Waals surface area contributed by atoms with Crippen molar-refractivity contribution < 1.29 is 9.15 Å². The summed E-state index contributed by atoms with van der Waals surface area (Å²) in [6.07, 6.45) is 0. The lowest BCUT2D eigenvalue weighted by Crippen LogP contribution is -2.03. The average molecular weight is 247 g/mol. The van der Waals surface area contributed by atoms with Gasteiger partial charge in [-0.3, -0.25) is 0 Å². The first-order valence-electron chi connectivity index (χ1n) is 5.70. The zero-order valence-corrected chi connectivity index (χ0v) is 10.8. The molecule has 0 amide bonds. The Balaban J connectivity index is 2.10. The van der Waals surface area contributed by atoms with Gasteiger partial charge >= 0.3 is 0 Å². The third kappa shape index (κ3) is 2.56. The molecule has 0 aliphatic rings. The molecule has 0 fully saturated rings. The monoisotopic (exact) mass is 247 g/mol. The summed E-state index contributed by atoms with van der Waals surface area (Å²) in [6.45, 7) is 4.31. The largest absolute Gasteiger partial charge is 0.497 e. The fourth-order valence-corrected chi connectivity index (χ4v) is 1.60. The van der Waals surface area contributed by atoms with Crippen molar-refractivity contribution in [2.45, 2.75) is 20.4 Å². The quantitative estimate of drug-likeness (QED) is 0.812. The van der Waals surface area contributed by atoms with Crippen LogP contribution in [0.1, 0.15) is 17.3 Å². The van der Waals surface area contributed by atoms with E-state index in [4.69, 9.17) is 14.9 Å². The first-order valence-corrected chi connectivity index (χ1v) is 5.70. The van der Waals surface area contributed by atoms with E-state index in [1.54, 1.807) is 13.2 Å². The summed E-state index contributed by atoms with van der Waals surface area (Å²) in [7, 11) is 1.62. The van der Waals surface area contributed by atoms with Crippen LogP contribution in [0.2, 0.25) is 0 Å². The van der Waals surface area contributed by atoms with E-state index in [-0.39, 0.29) is 0 Å². The molecule has 0 atom stereocenters. The molecule has 0 radical (unpaired) electrons. The van der Waals surface area contributed by atoms with Crippen LogP contribution < -0.4 is 15.8 Å². The van der Waals surface area contributed by atoms with Crippen LogP contribution in [0.4, 0.5) is 11.4 Å². The van der Waals surface area contributed by atoms with Gasteiger partial charge < -0.3 is 20.2 Å². The number of oxazole rings is 1. The van der Waals surface area contributed by atoms with Crippen molar-refractivity contribution in [3.05, 3.63) is 35.5 Å². The number of nitrogens with two attached hydrogens (primary N) is 1. The lowest BCUT2D eigenvalue weighted by molar-refractivity contribution is 0.415. The minimum atomic E-state index is 0.492. The molecule has 5 heteroatoms. The molecule has 0 spiro atoms. The van der Waals surface area contributed by atoms with E-state index in [1.807, 2.05) is 26.0 Å². The number of ether oxygens (including phenoxy) is 1. The highest BCUT2D eigenvalue weighted by Gasteiger charge is 2.06. The highest BCUT2D eigenvalue weighted by molar-refractivity contribution is 5.68. The maximum absolute atomic E-state index is 5.87. The highest BCUT2D eigenvalue weighted by atomic mass is 16.5. The van der Waals surface area contributed by atoms with Crippen LogP contribution in [-0.2, 0) is 6.54 Å². The molecule has 0 aliphatic carbocycles. The van der Waals surface area contributed by atoms with Gasteiger partial charge in [0.05, 0.1) is 30.7 Å². The van der Waals surface area contributed by atoms with Gasteiger partial charge in [0.15, 0.2) is 0 Å². The van der Waals surface area contributed by atoms with Gasteiger partial charge in [0.2, 0.25) is 5.89 Å². The molecule has 2 aromatic rings. The fourth-order valence-electron chi connectivity index (χ4n) is 1.60. The summed E-state index contributed by atoms with van der Waals surface area (Å²) in [5, 5.41) is 3.18. The lowest BCUT2D eigenvalue weighted by Gasteiger charge is -2.09. The van der Waals surface area contributed by atoms with Crippen LogP contribution in [0.25, 0.3) is 0 Å². The minimum Gasteiger partial charge on any atom is -0.497 e. The van der Waals surface area contributed by atoms with Crippen molar-refractivity contribution >= 4 is 11.4 Å². The summed E-state index contributed by atoms with van der Waals surface area (Å²) < 4.78 is 10.6. The molecule has 3 N–H and O–H groups in total. The molecule has 1 aromatic carbocycles. The molecule has 1 aromatic heterocycles. The van der Waals surface area contributed by atoms with Gasteiger partial charge in [-0.25, -0.2) is 4.98 Å². The van der Waals surface area contributed by atoms with Gasteiger partial charge in [0.25, 0.3) is 0 Å². The Morgan fingerprint density at radius 2 is 2.17 bits per heavy atom. The predicted octanol–water partition coefficient (Wildman–Crippen LogP) is 2.49. The molecule has 96 valence electrons. The molecular formula is C13H17N3O2. The molecular weight excluding hydrogens is 230 g/mol. The summed E-state index contributed by atoms with van der Waals surface area (Å²) in [5.41, 5.74) is 8.25. The van der Waals surface area contributed by atoms with Crippen LogP contribution in [0, 0.1) is 13.8 Å². The number of nitrogens with one attached hydrogen (secondary N) is 1. The molecule has 0 aliphatic heterocycles. The fraction of sp³-hybridized carbons (Fsp3) is 0.308. The Kier molecular flexibility index (Phi) is 3.41. The maximum atomic E-state index is 5.87. The molecule has 1 heterocycles. The highest BCUT2D eigenvalue weighted by Crippen LogP contribution is 2.24. The molecule has 0 unspecified atom stereocenters. The standard InChI is InChI=1S/C13H17N3O2/c1-8-9(2)18-13(16-8)7-15-12-6-10(17-3)4-5-11(12)14/h4-6,15H,7,14H2,1-3H3. The normalized spacial score (nSPS) is 10.4. The van der Waals surface area contributed by atoms with Crippen LogP contribution in [-0.4, -0.2) is 12.1 Å². The number of anilines is 2. The van der Waals surface area contributed by atoms with Crippen molar-refractivity contribution in [2.75, 3.05) is 18.2 Å². The molecule has 0 saturated carbocycles. The van der Waals surface area contributed by atoms with Gasteiger partial charge in [-0.05, 0) is 26.0 Å². The Bertz CT molecular complexity index is 530. The first-order chi connectivity index (χ1) is 8.60. The van der Waals surface area contributed by atoms with E-state index >= 15 is 0 Å². The van der Waals surface area contributed by atoms with Crippen molar-refractivity contribution in [3.63, 3.8) is 0 Å². The number of nitrogens with zero attached hydrogens (tertiary/aromatic N) is 1. The van der Waals surface area contributed by atoms with Crippen LogP contribution in [0.3, 0.4) is 0 Å². The number of rotatable bonds is 4. The number of aryl methyl sites for hydroxylation is 2. The second-order valence-electron chi connectivity index (χ2n) is 4.06. The Morgan fingerprint density at radius 1 is 1.39 bits per heavy atom. The van der Waals surface area contributed by atoms with Crippen LogP contribution in [0.5, 0.6) is 5.75 Å². The summed E-state index contributed by atoms with van der Waals surface area (Å²) in [5.74, 6) is 2.24. The Labute approximate surface area is 106 Å². The Hall–Kier alpha value is -2.17. The zero-order valence-electron chi connectivity index (χ0n) is 10.8. The number of nitrogen functional groups attached to an aromatic ring is 1. The summed E-state index contributed by atoms with van der Waals surface area (Å²) in [4.78, 5) is 4.30. The summed E-state index contributed by atoms with van der Waals surface area (Å²) in [6, 6.07) is 5.46. The van der Waals surface area contributed by atoms with Crippen molar-refractivity contribution in [1.82, 2.24) is 4.98 Å². The number of benzene rings is 1. The van der Waals surface area contributed by atoms with Gasteiger partial charge in [-0.15, -0.1) is 0 Å². The number of hydrogen-bond acceptors (Lipinski definition) is 5. The summed E-state index contributed by atoms with van der Waals surface area (Å²) >= 11 is 0. The number of hydrogen-bond donors (Lipinski definition) is 2. The number of aromatic nitrogens is 1. The minimum absolute atomic E-state index is 0.492. The van der Waals surface area contributed by atoms with E-state index < -0.39 is 0 Å². The number of methoxy groups -OCH3 is 1. The molecule has 0 saturated heterocycles. The third-order valence-electron chi connectivity index (χ3n) is 2.76. The second kappa shape index (κ2) is 5.00. The third-order valence-corrected chi connectivity index (χ3v) is 2.76. The van der Waals surface area contributed by atoms with Gasteiger partial charge in [-0.1, -0.05) is 0 Å². The molecule has 18 heavy (non-hydrogen) atoms. The topological polar surface area (TPSA) is 73.3 Å². The van der Waals surface area contributed by atoms with Crippen molar-refractivity contribution in [3.8, 4) is 5.75 Å². The molecule has 2 rings (SSSR count). The van der Waals surface area contributed by atoms with Crippen molar-refractivity contribution in [1.29, 1.82) is 0 Å².